The number of benzene rings is 1. The SMILES string of the molecule is CNC(C)c1ccc(NC(=O)NCc2cnc(C)s2)cc1. The van der Waals surface area contributed by atoms with E-state index in [0.717, 1.165) is 15.6 Å². The average Bonchev–Trinajstić information content (AvgIpc) is 2.91. The van der Waals surface area contributed by atoms with Gasteiger partial charge in [0.1, 0.15) is 0 Å². The van der Waals surface area contributed by atoms with Gasteiger partial charge in [0.2, 0.25) is 0 Å². The van der Waals surface area contributed by atoms with Crippen LogP contribution < -0.4 is 16.0 Å². The zero-order chi connectivity index (χ0) is 15.2. The number of aryl methyl sites for hydroxylation is 1. The number of hydrogen-bond acceptors (Lipinski definition) is 4. The maximum absolute atomic E-state index is 11.8. The largest absolute Gasteiger partial charge is 0.333 e. The summed E-state index contributed by atoms with van der Waals surface area (Å²) in [5, 5.41) is 9.81. The maximum Gasteiger partial charge on any atom is 0.319 e. The standard InChI is InChI=1S/C15H20N4OS/c1-10(16-3)12-4-6-13(7-5-12)19-15(20)18-9-14-8-17-11(2)21-14/h4-8,10,16H,9H2,1-3H3,(H2,18,19,20). The molecule has 2 rings (SSSR count). The summed E-state index contributed by atoms with van der Waals surface area (Å²) in [6, 6.07) is 7.89. The normalized spacial score (nSPS) is 12.0. The molecule has 3 N–H and O–H groups in total. The Morgan fingerprint density at radius 1 is 1.33 bits per heavy atom. The van der Waals surface area contributed by atoms with Gasteiger partial charge < -0.3 is 16.0 Å². The molecule has 0 bridgehead atoms. The molecule has 1 aromatic heterocycles. The Hall–Kier alpha value is -1.92. The van der Waals surface area contributed by atoms with E-state index in [9.17, 15) is 4.79 Å². The van der Waals surface area contributed by atoms with Gasteiger partial charge in [0, 0.05) is 22.8 Å². The van der Waals surface area contributed by atoms with Gasteiger partial charge in [-0.25, -0.2) is 9.78 Å². The molecule has 0 radical (unpaired) electrons. The summed E-state index contributed by atoms with van der Waals surface area (Å²) >= 11 is 1.58. The van der Waals surface area contributed by atoms with Crippen molar-refractivity contribution in [1.82, 2.24) is 15.6 Å². The third-order valence-corrected chi connectivity index (χ3v) is 4.11. The van der Waals surface area contributed by atoms with E-state index in [2.05, 4.69) is 27.9 Å². The Kier molecular flexibility index (Phi) is 5.30. The van der Waals surface area contributed by atoms with Gasteiger partial charge in [-0.15, -0.1) is 11.3 Å². The van der Waals surface area contributed by atoms with Crippen molar-refractivity contribution in [2.75, 3.05) is 12.4 Å². The van der Waals surface area contributed by atoms with E-state index in [-0.39, 0.29) is 6.03 Å². The van der Waals surface area contributed by atoms with E-state index >= 15 is 0 Å². The van der Waals surface area contributed by atoms with Gasteiger partial charge in [-0.1, -0.05) is 12.1 Å². The van der Waals surface area contributed by atoms with E-state index in [1.165, 1.54) is 5.56 Å². The van der Waals surface area contributed by atoms with Crippen molar-refractivity contribution in [2.24, 2.45) is 0 Å². The average molecular weight is 304 g/mol. The van der Waals surface area contributed by atoms with Crippen molar-refractivity contribution in [3.8, 4) is 0 Å². The summed E-state index contributed by atoms with van der Waals surface area (Å²) in [5.41, 5.74) is 1.96. The van der Waals surface area contributed by atoms with Gasteiger partial charge >= 0.3 is 6.03 Å². The summed E-state index contributed by atoms with van der Waals surface area (Å²) in [5.74, 6) is 0. The molecule has 0 saturated carbocycles. The van der Waals surface area contributed by atoms with Crippen LogP contribution in [0.25, 0.3) is 0 Å². The lowest BCUT2D eigenvalue weighted by atomic mass is 10.1. The highest BCUT2D eigenvalue weighted by molar-refractivity contribution is 7.11. The van der Waals surface area contributed by atoms with Gasteiger partial charge in [0.05, 0.1) is 11.6 Å². The van der Waals surface area contributed by atoms with Crippen LogP contribution in [0, 0.1) is 6.92 Å². The molecule has 21 heavy (non-hydrogen) atoms. The molecule has 6 heteroatoms. The Bertz CT molecular complexity index is 594. The number of carbonyl (C=O) groups excluding carboxylic acids is 1. The van der Waals surface area contributed by atoms with E-state index in [4.69, 9.17) is 0 Å². The molecule has 0 saturated heterocycles. The maximum atomic E-state index is 11.8. The van der Waals surface area contributed by atoms with Crippen molar-refractivity contribution in [2.45, 2.75) is 26.4 Å². The first-order chi connectivity index (χ1) is 10.1. The van der Waals surface area contributed by atoms with Gasteiger partial charge in [-0.05, 0) is 38.6 Å². The monoisotopic (exact) mass is 304 g/mol. The number of thiazole rings is 1. The molecule has 0 aliphatic heterocycles. The van der Waals surface area contributed by atoms with Crippen LogP contribution in [0.3, 0.4) is 0 Å². The number of urea groups is 1. The smallest absolute Gasteiger partial charge is 0.319 e. The molecule has 1 aromatic carbocycles. The first-order valence-corrected chi connectivity index (χ1v) is 7.63. The lowest BCUT2D eigenvalue weighted by Crippen LogP contribution is -2.27. The molecule has 0 aliphatic carbocycles. The number of rotatable bonds is 5. The van der Waals surface area contributed by atoms with Crippen LogP contribution in [-0.4, -0.2) is 18.1 Å². The van der Waals surface area contributed by atoms with Crippen LogP contribution in [0.1, 0.15) is 28.4 Å². The highest BCUT2D eigenvalue weighted by Gasteiger charge is 2.05. The van der Waals surface area contributed by atoms with Crippen LogP contribution in [-0.2, 0) is 6.54 Å². The molecule has 1 atom stereocenters. The van der Waals surface area contributed by atoms with Gasteiger partial charge in [-0.3, -0.25) is 0 Å². The number of hydrogen-bond donors (Lipinski definition) is 3. The van der Waals surface area contributed by atoms with Crippen molar-refractivity contribution in [1.29, 1.82) is 0 Å². The first kappa shape index (κ1) is 15.5. The topological polar surface area (TPSA) is 66.0 Å². The quantitative estimate of drug-likeness (QED) is 0.795. The predicted octanol–water partition coefficient (Wildman–Crippen LogP) is 3.05. The third-order valence-electron chi connectivity index (χ3n) is 3.19. The number of carbonyl (C=O) groups is 1. The van der Waals surface area contributed by atoms with Gasteiger partial charge in [0.25, 0.3) is 0 Å². The Morgan fingerprint density at radius 3 is 2.62 bits per heavy atom. The van der Waals surface area contributed by atoms with Crippen molar-refractivity contribution in [3.05, 3.63) is 45.9 Å². The van der Waals surface area contributed by atoms with Crippen LogP contribution >= 0.6 is 11.3 Å². The van der Waals surface area contributed by atoms with Crippen molar-refractivity contribution in [3.63, 3.8) is 0 Å². The van der Waals surface area contributed by atoms with E-state index in [1.54, 1.807) is 17.5 Å². The molecule has 0 fully saturated rings. The lowest BCUT2D eigenvalue weighted by molar-refractivity contribution is 0.252. The molecular formula is C15H20N4OS. The molecule has 0 aliphatic rings. The Labute approximate surface area is 128 Å². The van der Waals surface area contributed by atoms with Crippen molar-refractivity contribution < 1.29 is 4.79 Å². The van der Waals surface area contributed by atoms with Crippen LogP contribution in [0.2, 0.25) is 0 Å². The van der Waals surface area contributed by atoms with Crippen LogP contribution in [0.4, 0.5) is 10.5 Å². The minimum Gasteiger partial charge on any atom is -0.333 e. The molecular weight excluding hydrogens is 284 g/mol. The summed E-state index contributed by atoms with van der Waals surface area (Å²) in [6.07, 6.45) is 1.79. The van der Waals surface area contributed by atoms with Crippen LogP contribution in [0.5, 0.6) is 0 Å². The van der Waals surface area contributed by atoms with E-state index < -0.39 is 0 Å². The highest BCUT2D eigenvalue weighted by Crippen LogP contribution is 2.15. The minimum absolute atomic E-state index is 0.213. The fourth-order valence-electron chi connectivity index (χ4n) is 1.85. The molecule has 2 amide bonds. The molecule has 112 valence electrons. The zero-order valence-corrected chi connectivity index (χ0v) is 13.3. The second kappa shape index (κ2) is 7.19. The number of amides is 2. The fourth-order valence-corrected chi connectivity index (χ4v) is 2.59. The second-order valence-electron chi connectivity index (χ2n) is 4.79. The number of nitrogens with one attached hydrogen (secondary N) is 3. The minimum atomic E-state index is -0.213. The number of nitrogens with zero attached hydrogens (tertiary/aromatic N) is 1. The molecule has 5 nitrogen and oxygen atoms in total. The van der Waals surface area contributed by atoms with Crippen LogP contribution in [0.15, 0.2) is 30.5 Å². The van der Waals surface area contributed by atoms with Gasteiger partial charge in [0.15, 0.2) is 0 Å². The van der Waals surface area contributed by atoms with Crippen molar-refractivity contribution >= 4 is 23.1 Å². The molecule has 1 unspecified atom stereocenters. The van der Waals surface area contributed by atoms with E-state index in [0.29, 0.717) is 12.6 Å². The first-order valence-electron chi connectivity index (χ1n) is 6.82. The Morgan fingerprint density at radius 2 is 2.05 bits per heavy atom. The fraction of sp³-hybridized carbons (Fsp3) is 0.333. The molecule has 2 aromatic rings. The highest BCUT2D eigenvalue weighted by atomic mass is 32.1. The number of aromatic nitrogens is 1. The summed E-state index contributed by atoms with van der Waals surface area (Å²) in [6.45, 7) is 4.53. The summed E-state index contributed by atoms with van der Waals surface area (Å²) < 4.78 is 0. The Balaban J connectivity index is 1.84. The zero-order valence-electron chi connectivity index (χ0n) is 12.4. The van der Waals surface area contributed by atoms with E-state index in [1.807, 2.05) is 38.2 Å². The predicted molar refractivity (Wildman–Crippen MR) is 86.6 cm³/mol. The number of anilines is 1. The lowest BCUT2D eigenvalue weighted by Gasteiger charge is -2.12. The summed E-state index contributed by atoms with van der Waals surface area (Å²) in [7, 11) is 1.92. The molecule has 0 spiro atoms. The second-order valence-corrected chi connectivity index (χ2v) is 6.10. The molecule has 1 heterocycles. The third kappa shape index (κ3) is 4.54. The van der Waals surface area contributed by atoms with Gasteiger partial charge in [-0.2, -0.15) is 0 Å². The summed E-state index contributed by atoms with van der Waals surface area (Å²) in [4.78, 5) is 17.0.